The summed E-state index contributed by atoms with van der Waals surface area (Å²) in [6.07, 6.45) is -0.0348. The second-order valence-corrected chi connectivity index (χ2v) is 5.00. The number of nitrogens with one attached hydrogen (secondary N) is 1. The number of anilines is 1. The molecule has 0 saturated heterocycles. The number of hydrogen-bond acceptors (Lipinski definition) is 6. The van der Waals surface area contributed by atoms with Crippen LogP contribution in [0.15, 0.2) is 11.4 Å². The van der Waals surface area contributed by atoms with Gasteiger partial charge in [0, 0.05) is 13.2 Å². The molecule has 0 saturated carbocycles. The van der Waals surface area contributed by atoms with Gasteiger partial charge in [-0.25, -0.2) is 4.98 Å². The Balaban J connectivity index is 2.21. The molecule has 2 rings (SSSR count). The van der Waals surface area contributed by atoms with Crippen molar-refractivity contribution in [3.8, 4) is 5.88 Å². The molecule has 0 aliphatic carbocycles. The van der Waals surface area contributed by atoms with E-state index in [2.05, 4.69) is 15.3 Å². The predicted octanol–water partition coefficient (Wildman–Crippen LogP) is 2.93. The Bertz CT molecular complexity index is 530. The fourth-order valence-corrected chi connectivity index (χ4v) is 2.42. The first kappa shape index (κ1) is 14.0. The van der Waals surface area contributed by atoms with Gasteiger partial charge < -0.3 is 14.8 Å². The summed E-state index contributed by atoms with van der Waals surface area (Å²) in [6.45, 7) is 7.99. The molecule has 0 aliphatic rings. The van der Waals surface area contributed by atoms with Crippen molar-refractivity contribution < 1.29 is 9.47 Å². The van der Waals surface area contributed by atoms with E-state index in [1.807, 2.05) is 32.2 Å². The quantitative estimate of drug-likeness (QED) is 0.845. The van der Waals surface area contributed by atoms with E-state index in [-0.39, 0.29) is 6.10 Å². The Morgan fingerprint density at radius 1 is 1.37 bits per heavy atom. The molecule has 0 fully saturated rings. The van der Waals surface area contributed by atoms with E-state index in [1.54, 1.807) is 11.3 Å². The van der Waals surface area contributed by atoms with Gasteiger partial charge in [0.1, 0.15) is 10.9 Å². The molecule has 2 aromatic heterocycles. The molecule has 6 heteroatoms. The average molecular weight is 281 g/mol. The van der Waals surface area contributed by atoms with E-state index in [9.17, 15) is 0 Å². The van der Waals surface area contributed by atoms with Crippen molar-refractivity contribution in [3.05, 3.63) is 11.4 Å². The second-order valence-electron chi connectivity index (χ2n) is 4.11. The highest BCUT2D eigenvalue weighted by Crippen LogP contribution is 2.28. The highest BCUT2D eigenvalue weighted by atomic mass is 32.1. The molecule has 5 nitrogen and oxygen atoms in total. The van der Waals surface area contributed by atoms with Crippen molar-refractivity contribution >= 4 is 27.5 Å². The van der Waals surface area contributed by atoms with Gasteiger partial charge in [-0.2, -0.15) is 4.98 Å². The van der Waals surface area contributed by atoms with Crippen molar-refractivity contribution in [2.45, 2.75) is 26.9 Å². The van der Waals surface area contributed by atoms with E-state index in [0.29, 0.717) is 25.0 Å². The van der Waals surface area contributed by atoms with Crippen LogP contribution >= 0.6 is 11.3 Å². The Morgan fingerprint density at radius 2 is 2.21 bits per heavy atom. The van der Waals surface area contributed by atoms with Crippen LogP contribution in [-0.4, -0.2) is 35.8 Å². The van der Waals surface area contributed by atoms with Gasteiger partial charge in [0.15, 0.2) is 0 Å². The molecule has 1 unspecified atom stereocenters. The van der Waals surface area contributed by atoms with E-state index in [0.717, 1.165) is 16.8 Å². The fraction of sp³-hybridized carbons (Fsp3) is 0.538. The molecule has 0 amide bonds. The number of nitrogens with zero attached hydrogens (tertiary/aromatic N) is 2. The maximum atomic E-state index is 5.87. The third kappa shape index (κ3) is 3.54. The van der Waals surface area contributed by atoms with Gasteiger partial charge in [-0.05, 0) is 32.2 Å². The van der Waals surface area contributed by atoms with Crippen LogP contribution in [-0.2, 0) is 4.74 Å². The van der Waals surface area contributed by atoms with Gasteiger partial charge in [-0.3, -0.25) is 0 Å². The summed E-state index contributed by atoms with van der Waals surface area (Å²) in [6, 6.07) is 1.98. The zero-order valence-corrected chi connectivity index (χ0v) is 12.3. The van der Waals surface area contributed by atoms with Crippen LogP contribution in [0.25, 0.3) is 10.2 Å². The van der Waals surface area contributed by atoms with Gasteiger partial charge in [-0.15, -0.1) is 11.3 Å². The minimum absolute atomic E-state index is 0.0348. The molecule has 1 atom stereocenters. The van der Waals surface area contributed by atoms with E-state index >= 15 is 0 Å². The normalized spacial score (nSPS) is 12.6. The third-order valence-corrected chi connectivity index (χ3v) is 3.30. The molecule has 2 aromatic rings. The zero-order chi connectivity index (χ0) is 13.7. The summed E-state index contributed by atoms with van der Waals surface area (Å²) in [4.78, 5) is 9.79. The van der Waals surface area contributed by atoms with Crippen molar-refractivity contribution in [3.63, 3.8) is 0 Å². The number of rotatable bonds is 7. The molecular weight excluding hydrogens is 262 g/mol. The van der Waals surface area contributed by atoms with Crippen LogP contribution in [0.3, 0.4) is 0 Å². The van der Waals surface area contributed by atoms with Gasteiger partial charge in [0.2, 0.25) is 11.8 Å². The van der Waals surface area contributed by atoms with E-state index < -0.39 is 0 Å². The standard InChI is InChI=1S/C13H19N3O2S/c1-4-14-13-15-11(18-9(3)8-17-5-2)10-6-7-19-12(10)16-13/h6-7,9H,4-5,8H2,1-3H3,(H,14,15,16). The second kappa shape index (κ2) is 6.68. The van der Waals surface area contributed by atoms with Crippen LogP contribution < -0.4 is 10.1 Å². The van der Waals surface area contributed by atoms with Crippen molar-refractivity contribution in [1.82, 2.24) is 9.97 Å². The maximum absolute atomic E-state index is 5.87. The maximum Gasteiger partial charge on any atom is 0.227 e. The lowest BCUT2D eigenvalue weighted by molar-refractivity contribution is 0.0643. The summed E-state index contributed by atoms with van der Waals surface area (Å²) >= 11 is 1.58. The molecule has 0 aromatic carbocycles. The molecule has 0 spiro atoms. The summed E-state index contributed by atoms with van der Waals surface area (Å²) < 4.78 is 11.2. The highest BCUT2D eigenvalue weighted by molar-refractivity contribution is 7.16. The Morgan fingerprint density at radius 3 is 2.95 bits per heavy atom. The van der Waals surface area contributed by atoms with Gasteiger partial charge in [0.05, 0.1) is 12.0 Å². The van der Waals surface area contributed by atoms with Gasteiger partial charge in [-0.1, -0.05) is 0 Å². The lowest BCUT2D eigenvalue weighted by atomic mass is 10.4. The molecular formula is C13H19N3O2S. The first-order valence-corrected chi connectivity index (χ1v) is 7.36. The number of ether oxygens (including phenoxy) is 2. The first-order valence-electron chi connectivity index (χ1n) is 6.48. The number of aromatic nitrogens is 2. The molecule has 1 N–H and O–H groups in total. The minimum atomic E-state index is -0.0348. The summed E-state index contributed by atoms with van der Waals surface area (Å²) in [7, 11) is 0. The molecule has 0 radical (unpaired) electrons. The first-order chi connectivity index (χ1) is 9.24. The Kier molecular flexibility index (Phi) is 4.93. The zero-order valence-electron chi connectivity index (χ0n) is 11.5. The molecule has 0 bridgehead atoms. The number of fused-ring (bicyclic) bond motifs is 1. The lowest BCUT2D eigenvalue weighted by Gasteiger charge is -2.15. The van der Waals surface area contributed by atoms with Crippen molar-refractivity contribution in [1.29, 1.82) is 0 Å². The summed E-state index contributed by atoms with van der Waals surface area (Å²) in [5.74, 6) is 1.23. The number of hydrogen-bond donors (Lipinski definition) is 1. The van der Waals surface area contributed by atoms with Crippen LogP contribution in [0.2, 0.25) is 0 Å². The van der Waals surface area contributed by atoms with E-state index in [1.165, 1.54) is 0 Å². The van der Waals surface area contributed by atoms with Crippen molar-refractivity contribution in [2.24, 2.45) is 0 Å². The van der Waals surface area contributed by atoms with Crippen LogP contribution in [0.4, 0.5) is 5.95 Å². The SMILES string of the molecule is CCNc1nc(OC(C)COCC)c2ccsc2n1. The summed E-state index contributed by atoms with van der Waals surface area (Å²) in [5.41, 5.74) is 0. The number of thiophene rings is 1. The van der Waals surface area contributed by atoms with Crippen LogP contribution in [0.5, 0.6) is 5.88 Å². The molecule has 2 heterocycles. The largest absolute Gasteiger partial charge is 0.472 e. The smallest absolute Gasteiger partial charge is 0.227 e. The molecule has 19 heavy (non-hydrogen) atoms. The third-order valence-electron chi connectivity index (χ3n) is 2.49. The predicted molar refractivity (Wildman–Crippen MR) is 78.2 cm³/mol. The minimum Gasteiger partial charge on any atom is -0.472 e. The topological polar surface area (TPSA) is 56.3 Å². The molecule has 0 aliphatic heterocycles. The van der Waals surface area contributed by atoms with Gasteiger partial charge in [0.25, 0.3) is 0 Å². The average Bonchev–Trinajstić information content (AvgIpc) is 2.85. The Labute approximate surface area is 117 Å². The van der Waals surface area contributed by atoms with Crippen LogP contribution in [0.1, 0.15) is 20.8 Å². The lowest BCUT2D eigenvalue weighted by Crippen LogP contribution is -2.20. The fourth-order valence-electron chi connectivity index (χ4n) is 1.66. The monoisotopic (exact) mass is 281 g/mol. The molecule has 104 valence electrons. The van der Waals surface area contributed by atoms with Crippen molar-refractivity contribution in [2.75, 3.05) is 25.1 Å². The summed E-state index contributed by atoms with van der Waals surface area (Å²) in [5, 5.41) is 6.07. The van der Waals surface area contributed by atoms with E-state index in [4.69, 9.17) is 9.47 Å². The van der Waals surface area contributed by atoms with Gasteiger partial charge >= 0.3 is 0 Å². The van der Waals surface area contributed by atoms with Crippen LogP contribution in [0, 0.1) is 0 Å². The Hall–Kier alpha value is -1.40. The highest BCUT2D eigenvalue weighted by Gasteiger charge is 2.12.